The van der Waals surface area contributed by atoms with Crippen LogP contribution >= 0.6 is 15.9 Å². The number of amides is 1. The van der Waals surface area contributed by atoms with Gasteiger partial charge in [-0.15, -0.1) is 0 Å². The van der Waals surface area contributed by atoms with Crippen molar-refractivity contribution in [2.24, 2.45) is 11.3 Å². The summed E-state index contributed by atoms with van der Waals surface area (Å²) < 4.78 is 6.65. The molecule has 0 unspecified atom stereocenters. The van der Waals surface area contributed by atoms with Crippen LogP contribution in [-0.4, -0.2) is 18.6 Å². The molecular formula is C19H28BrNO2. The van der Waals surface area contributed by atoms with E-state index < -0.39 is 0 Å². The number of nitrogens with one attached hydrogen (secondary N) is 1. The van der Waals surface area contributed by atoms with Crippen LogP contribution in [0.1, 0.15) is 52.0 Å². The van der Waals surface area contributed by atoms with Crippen molar-refractivity contribution in [2.45, 2.75) is 59.4 Å². The van der Waals surface area contributed by atoms with Gasteiger partial charge in [-0.05, 0) is 67.7 Å². The Balaban J connectivity index is 1.75. The molecule has 0 radical (unpaired) electrons. The lowest BCUT2D eigenvalue weighted by Crippen LogP contribution is -2.41. The molecule has 0 saturated heterocycles. The molecule has 4 heteroatoms. The number of ether oxygens (including phenoxy) is 1. The molecule has 1 aliphatic carbocycles. The number of carbonyl (C=O) groups is 1. The predicted octanol–water partition coefficient (Wildman–Crippen LogP) is 4.86. The fourth-order valence-electron chi connectivity index (χ4n) is 3.29. The SMILES string of the molecule is Cc1cc(Br)ccc1OCC(=O)NC1CCC(C(C)(C)C)CC1. The highest BCUT2D eigenvalue weighted by Gasteiger charge is 2.30. The Morgan fingerprint density at radius 1 is 1.26 bits per heavy atom. The minimum atomic E-state index is -0.0217. The average molecular weight is 382 g/mol. The zero-order valence-corrected chi connectivity index (χ0v) is 16.2. The van der Waals surface area contributed by atoms with E-state index in [1.807, 2.05) is 25.1 Å². The third-order valence-electron chi connectivity index (χ3n) is 4.81. The van der Waals surface area contributed by atoms with Crippen molar-refractivity contribution in [3.8, 4) is 5.75 Å². The van der Waals surface area contributed by atoms with Crippen molar-refractivity contribution >= 4 is 21.8 Å². The lowest BCUT2D eigenvalue weighted by atomic mass is 9.71. The fraction of sp³-hybridized carbons (Fsp3) is 0.632. The fourth-order valence-corrected chi connectivity index (χ4v) is 3.77. The van der Waals surface area contributed by atoms with Crippen LogP contribution in [0.15, 0.2) is 22.7 Å². The van der Waals surface area contributed by atoms with Gasteiger partial charge in [-0.1, -0.05) is 36.7 Å². The molecule has 1 amide bonds. The molecule has 0 bridgehead atoms. The van der Waals surface area contributed by atoms with E-state index in [-0.39, 0.29) is 12.5 Å². The van der Waals surface area contributed by atoms with Gasteiger partial charge in [0.2, 0.25) is 0 Å². The zero-order valence-electron chi connectivity index (χ0n) is 14.6. The second-order valence-electron chi connectivity index (χ2n) is 7.68. The van der Waals surface area contributed by atoms with Gasteiger partial charge in [0.15, 0.2) is 6.61 Å². The highest BCUT2D eigenvalue weighted by molar-refractivity contribution is 9.10. The van der Waals surface area contributed by atoms with Crippen LogP contribution in [0, 0.1) is 18.3 Å². The second kappa shape index (κ2) is 7.69. The van der Waals surface area contributed by atoms with E-state index in [9.17, 15) is 4.79 Å². The summed E-state index contributed by atoms with van der Waals surface area (Å²) in [4.78, 5) is 12.1. The average Bonchev–Trinajstić information content (AvgIpc) is 2.46. The highest BCUT2D eigenvalue weighted by atomic mass is 79.9. The lowest BCUT2D eigenvalue weighted by molar-refractivity contribution is -0.124. The molecule has 0 aromatic heterocycles. The van der Waals surface area contributed by atoms with Crippen molar-refractivity contribution in [1.29, 1.82) is 0 Å². The first-order valence-electron chi connectivity index (χ1n) is 8.44. The third-order valence-corrected chi connectivity index (χ3v) is 5.31. The van der Waals surface area contributed by atoms with Crippen molar-refractivity contribution in [1.82, 2.24) is 5.32 Å². The number of halogens is 1. The van der Waals surface area contributed by atoms with E-state index in [4.69, 9.17) is 4.74 Å². The Morgan fingerprint density at radius 3 is 2.48 bits per heavy atom. The molecule has 1 fully saturated rings. The standard InChI is InChI=1S/C19H28BrNO2/c1-13-11-15(20)7-10-17(13)23-12-18(22)21-16-8-5-14(6-9-16)19(2,3)4/h7,10-11,14,16H,5-6,8-9,12H2,1-4H3,(H,21,22). The molecule has 1 aromatic carbocycles. The van der Waals surface area contributed by atoms with Gasteiger partial charge < -0.3 is 10.1 Å². The van der Waals surface area contributed by atoms with Crippen LogP contribution < -0.4 is 10.1 Å². The molecule has 23 heavy (non-hydrogen) atoms. The molecule has 0 spiro atoms. The summed E-state index contributed by atoms with van der Waals surface area (Å²) in [5.41, 5.74) is 1.40. The molecular weight excluding hydrogens is 354 g/mol. The second-order valence-corrected chi connectivity index (χ2v) is 8.60. The minimum absolute atomic E-state index is 0.0217. The van der Waals surface area contributed by atoms with Crippen LogP contribution in [0.4, 0.5) is 0 Å². The number of benzene rings is 1. The number of rotatable bonds is 4. The van der Waals surface area contributed by atoms with E-state index in [1.165, 1.54) is 12.8 Å². The molecule has 128 valence electrons. The summed E-state index contributed by atoms with van der Waals surface area (Å²) in [6.07, 6.45) is 4.54. The number of hydrogen-bond donors (Lipinski definition) is 1. The Kier molecular flexibility index (Phi) is 6.12. The van der Waals surface area contributed by atoms with E-state index in [0.29, 0.717) is 11.5 Å². The molecule has 0 atom stereocenters. The van der Waals surface area contributed by atoms with Gasteiger partial charge in [0.1, 0.15) is 5.75 Å². The van der Waals surface area contributed by atoms with E-state index in [1.54, 1.807) is 0 Å². The van der Waals surface area contributed by atoms with Crippen molar-refractivity contribution in [3.05, 3.63) is 28.2 Å². The van der Waals surface area contributed by atoms with Crippen LogP contribution in [0.2, 0.25) is 0 Å². The van der Waals surface area contributed by atoms with Gasteiger partial charge >= 0.3 is 0 Å². The first kappa shape index (κ1) is 18.3. The van der Waals surface area contributed by atoms with Gasteiger partial charge in [-0.2, -0.15) is 0 Å². The van der Waals surface area contributed by atoms with Crippen LogP contribution in [0.25, 0.3) is 0 Å². The predicted molar refractivity (Wildman–Crippen MR) is 97.7 cm³/mol. The lowest BCUT2D eigenvalue weighted by Gasteiger charge is -2.37. The molecule has 1 aromatic rings. The molecule has 0 heterocycles. The van der Waals surface area contributed by atoms with Gasteiger partial charge in [0.05, 0.1) is 0 Å². The summed E-state index contributed by atoms with van der Waals surface area (Å²) in [6.45, 7) is 8.99. The van der Waals surface area contributed by atoms with E-state index in [2.05, 4.69) is 42.0 Å². The summed E-state index contributed by atoms with van der Waals surface area (Å²) >= 11 is 3.43. The van der Waals surface area contributed by atoms with Crippen LogP contribution in [0.5, 0.6) is 5.75 Å². The quantitative estimate of drug-likeness (QED) is 0.808. The van der Waals surface area contributed by atoms with Gasteiger partial charge in [0.25, 0.3) is 5.91 Å². The van der Waals surface area contributed by atoms with Crippen LogP contribution in [0.3, 0.4) is 0 Å². The Hall–Kier alpha value is -1.03. The number of aryl methyl sites for hydroxylation is 1. The summed E-state index contributed by atoms with van der Waals surface area (Å²) in [7, 11) is 0. The molecule has 3 nitrogen and oxygen atoms in total. The maximum atomic E-state index is 12.1. The van der Waals surface area contributed by atoms with Gasteiger partial charge in [-0.25, -0.2) is 0 Å². The molecule has 1 aliphatic rings. The zero-order chi connectivity index (χ0) is 17.0. The largest absolute Gasteiger partial charge is 0.484 e. The summed E-state index contributed by atoms with van der Waals surface area (Å²) in [5.74, 6) is 1.50. The molecule has 1 N–H and O–H groups in total. The van der Waals surface area contributed by atoms with E-state index in [0.717, 1.165) is 34.5 Å². The number of hydrogen-bond acceptors (Lipinski definition) is 2. The third kappa shape index (κ3) is 5.52. The summed E-state index contributed by atoms with van der Waals surface area (Å²) in [6, 6.07) is 6.10. The normalized spacial score (nSPS) is 21.8. The maximum absolute atomic E-state index is 12.1. The van der Waals surface area contributed by atoms with Crippen molar-refractivity contribution in [2.75, 3.05) is 6.61 Å². The summed E-state index contributed by atoms with van der Waals surface area (Å²) in [5, 5.41) is 3.12. The molecule has 0 aliphatic heterocycles. The monoisotopic (exact) mass is 381 g/mol. The Morgan fingerprint density at radius 2 is 1.91 bits per heavy atom. The number of carbonyl (C=O) groups excluding carboxylic acids is 1. The topological polar surface area (TPSA) is 38.3 Å². The van der Waals surface area contributed by atoms with Crippen molar-refractivity contribution < 1.29 is 9.53 Å². The minimum Gasteiger partial charge on any atom is -0.484 e. The van der Waals surface area contributed by atoms with Gasteiger partial charge in [-0.3, -0.25) is 4.79 Å². The highest BCUT2D eigenvalue weighted by Crippen LogP contribution is 2.37. The van der Waals surface area contributed by atoms with Gasteiger partial charge in [0, 0.05) is 10.5 Å². The molecule has 2 rings (SSSR count). The molecule has 1 saturated carbocycles. The Labute approximate surface area is 148 Å². The van der Waals surface area contributed by atoms with Crippen molar-refractivity contribution in [3.63, 3.8) is 0 Å². The van der Waals surface area contributed by atoms with E-state index >= 15 is 0 Å². The van der Waals surface area contributed by atoms with Crippen LogP contribution in [-0.2, 0) is 4.79 Å². The smallest absolute Gasteiger partial charge is 0.258 e. The first-order chi connectivity index (χ1) is 10.8. The maximum Gasteiger partial charge on any atom is 0.258 e. The first-order valence-corrected chi connectivity index (χ1v) is 9.23. The Bertz CT molecular complexity index is 543.